The Kier molecular flexibility index (Phi) is 8.62. The van der Waals surface area contributed by atoms with E-state index in [1.165, 1.54) is 25.7 Å². The molecule has 1 aliphatic carbocycles. The summed E-state index contributed by atoms with van der Waals surface area (Å²) in [6, 6.07) is 0. The van der Waals surface area contributed by atoms with Crippen LogP contribution in [0, 0.1) is 11.3 Å². The maximum atomic E-state index is 11.0. The molecular weight excluding hydrogens is 250 g/mol. The van der Waals surface area contributed by atoms with Crippen molar-refractivity contribution in [1.29, 1.82) is 0 Å². The number of carbonyl (C=O) groups is 1. The standard InChI is InChI=1S/C14H27NO2.ClH/c1-3-12(2)10-15-11-14(9-13(16)17)7-5-4-6-8-14;/h12,15H,3-11H2,1-2H3,(H,16,17);1H. The van der Waals surface area contributed by atoms with Gasteiger partial charge in [0.1, 0.15) is 0 Å². The van der Waals surface area contributed by atoms with Crippen molar-refractivity contribution in [3.63, 3.8) is 0 Å². The fourth-order valence-corrected chi connectivity index (χ4v) is 2.77. The van der Waals surface area contributed by atoms with Gasteiger partial charge in [0.05, 0.1) is 6.42 Å². The van der Waals surface area contributed by atoms with E-state index in [0.29, 0.717) is 12.3 Å². The molecule has 4 heteroatoms. The monoisotopic (exact) mass is 277 g/mol. The van der Waals surface area contributed by atoms with Gasteiger partial charge >= 0.3 is 5.97 Å². The van der Waals surface area contributed by atoms with Crippen LogP contribution in [-0.4, -0.2) is 24.2 Å². The zero-order chi connectivity index (χ0) is 12.7. The average molecular weight is 278 g/mol. The fraction of sp³-hybridized carbons (Fsp3) is 0.929. The SMILES string of the molecule is CCC(C)CNCC1(CC(=O)O)CCCCC1.Cl. The van der Waals surface area contributed by atoms with E-state index >= 15 is 0 Å². The highest BCUT2D eigenvalue weighted by atomic mass is 35.5. The fourth-order valence-electron chi connectivity index (χ4n) is 2.77. The van der Waals surface area contributed by atoms with E-state index in [1.54, 1.807) is 0 Å². The minimum Gasteiger partial charge on any atom is -0.481 e. The van der Waals surface area contributed by atoms with Gasteiger partial charge in [-0.3, -0.25) is 4.79 Å². The Morgan fingerprint density at radius 1 is 1.33 bits per heavy atom. The summed E-state index contributed by atoms with van der Waals surface area (Å²) >= 11 is 0. The first-order valence-corrected chi connectivity index (χ1v) is 7.00. The van der Waals surface area contributed by atoms with Gasteiger partial charge in [0.2, 0.25) is 0 Å². The second-order valence-corrected chi connectivity index (χ2v) is 5.78. The Morgan fingerprint density at radius 3 is 2.44 bits per heavy atom. The number of rotatable bonds is 7. The molecule has 2 N–H and O–H groups in total. The maximum Gasteiger partial charge on any atom is 0.303 e. The molecular formula is C14H28ClNO2. The summed E-state index contributed by atoms with van der Waals surface area (Å²) < 4.78 is 0. The molecule has 18 heavy (non-hydrogen) atoms. The van der Waals surface area contributed by atoms with Gasteiger partial charge in [0.15, 0.2) is 0 Å². The molecule has 0 radical (unpaired) electrons. The Labute approximate surface area is 117 Å². The zero-order valence-electron chi connectivity index (χ0n) is 11.7. The molecule has 0 aliphatic heterocycles. The summed E-state index contributed by atoms with van der Waals surface area (Å²) in [5.41, 5.74) is 0.0253. The molecule has 1 saturated carbocycles. The quantitative estimate of drug-likeness (QED) is 0.749. The molecule has 3 nitrogen and oxygen atoms in total. The molecule has 0 amide bonds. The highest BCUT2D eigenvalue weighted by Gasteiger charge is 2.33. The Balaban J connectivity index is 0.00000289. The maximum absolute atomic E-state index is 11.0. The van der Waals surface area contributed by atoms with Crippen molar-refractivity contribution in [3.05, 3.63) is 0 Å². The molecule has 1 aliphatic rings. The van der Waals surface area contributed by atoms with Gasteiger partial charge in [-0.25, -0.2) is 0 Å². The smallest absolute Gasteiger partial charge is 0.303 e. The number of nitrogens with one attached hydrogen (secondary N) is 1. The molecule has 0 aromatic rings. The molecule has 0 heterocycles. The van der Waals surface area contributed by atoms with Crippen LogP contribution in [0.15, 0.2) is 0 Å². The summed E-state index contributed by atoms with van der Waals surface area (Å²) in [5.74, 6) is 0.0395. The highest BCUT2D eigenvalue weighted by Crippen LogP contribution is 2.38. The Hall–Kier alpha value is -0.280. The van der Waals surface area contributed by atoms with Gasteiger partial charge in [-0.1, -0.05) is 39.5 Å². The van der Waals surface area contributed by atoms with Crippen LogP contribution in [0.5, 0.6) is 0 Å². The van der Waals surface area contributed by atoms with Crippen molar-refractivity contribution in [2.24, 2.45) is 11.3 Å². The molecule has 0 bridgehead atoms. The predicted molar refractivity (Wildman–Crippen MR) is 77.3 cm³/mol. The predicted octanol–water partition coefficient (Wildman–Crippen LogP) is 3.47. The topological polar surface area (TPSA) is 49.3 Å². The van der Waals surface area contributed by atoms with Crippen LogP contribution in [0.3, 0.4) is 0 Å². The molecule has 0 aromatic carbocycles. The number of aliphatic carboxylic acids is 1. The van der Waals surface area contributed by atoms with Crippen LogP contribution >= 0.6 is 12.4 Å². The summed E-state index contributed by atoms with van der Waals surface area (Å²) in [4.78, 5) is 11.0. The van der Waals surface area contributed by atoms with E-state index in [9.17, 15) is 4.79 Å². The first-order valence-electron chi connectivity index (χ1n) is 7.00. The second kappa shape index (κ2) is 8.76. The van der Waals surface area contributed by atoms with Crippen molar-refractivity contribution in [2.75, 3.05) is 13.1 Å². The lowest BCUT2D eigenvalue weighted by Gasteiger charge is -2.36. The third-order valence-electron chi connectivity index (χ3n) is 4.13. The van der Waals surface area contributed by atoms with Gasteiger partial charge < -0.3 is 10.4 Å². The van der Waals surface area contributed by atoms with Crippen LogP contribution in [-0.2, 0) is 4.79 Å². The van der Waals surface area contributed by atoms with Crippen molar-refractivity contribution < 1.29 is 9.90 Å². The average Bonchev–Trinajstić information content (AvgIpc) is 2.29. The van der Waals surface area contributed by atoms with Gasteiger partial charge in [0.25, 0.3) is 0 Å². The minimum absolute atomic E-state index is 0. The van der Waals surface area contributed by atoms with E-state index in [4.69, 9.17) is 5.11 Å². The lowest BCUT2D eigenvalue weighted by atomic mass is 9.71. The summed E-state index contributed by atoms with van der Waals surface area (Å²) in [6.45, 7) is 6.32. The number of hydrogen-bond donors (Lipinski definition) is 2. The van der Waals surface area contributed by atoms with Crippen LogP contribution in [0.1, 0.15) is 58.8 Å². The van der Waals surface area contributed by atoms with Gasteiger partial charge in [-0.2, -0.15) is 0 Å². The molecule has 0 aromatic heterocycles. The third kappa shape index (κ3) is 6.05. The second-order valence-electron chi connectivity index (χ2n) is 5.78. The number of hydrogen-bond acceptors (Lipinski definition) is 2. The lowest BCUT2D eigenvalue weighted by molar-refractivity contribution is -0.140. The van der Waals surface area contributed by atoms with Crippen LogP contribution in [0.25, 0.3) is 0 Å². The van der Waals surface area contributed by atoms with E-state index in [0.717, 1.165) is 25.9 Å². The van der Waals surface area contributed by atoms with Crippen molar-refractivity contribution in [2.45, 2.75) is 58.8 Å². The molecule has 1 rings (SSSR count). The van der Waals surface area contributed by atoms with E-state index in [-0.39, 0.29) is 17.8 Å². The highest BCUT2D eigenvalue weighted by molar-refractivity contribution is 5.85. The lowest BCUT2D eigenvalue weighted by Crippen LogP contribution is -2.39. The minimum atomic E-state index is -0.641. The number of carboxylic acid groups (broad SMARTS) is 1. The van der Waals surface area contributed by atoms with Gasteiger partial charge in [0, 0.05) is 6.54 Å². The Morgan fingerprint density at radius 2 is 1.94 bits per heavy atom. The molecule has 1 fully saturated rings. The number of halogens is 1. The molecule has 0 spiro atoms. The first-order chi connectivity index (χ1) is 8.08. The molecule has 0 saturated heterocycles. The van der Waals surface area contributed by atoms with Crippen LogP contribution in [0.2, 0.25) is 0 Å². The molecule has 1 atom stereocenters. The molecule has 108 valence electrons. The summed E-state index contributed by atoms with van der Waals surface area (Å²) in [6.07, 6.45) is 7.32. The van der Waals surface area contributed by atoms with Crippen molar-refractivity contribution in [3.8, 4) is 0 Å². The largest absolute Gasteiger partial charge is 0.481 e. The normalized spacial score (nSPS) is 19.9. The summed E-state index contributed by atoms with van der Waals surface area (Å²) in [7, 11) is 0. The van der Waals surface area contributed by atoms with Crippen LogP contribution < -0.4 is 5.32 Å². The van der Waals surface area contributed by atoms with Crippen LogP contribution in [0.4, 0.5) is 0 Å². The molecule has 1 unspecified atom stereocenters. The number of carboxylic acids is 1. The Bertz CT molecular complexity index is 240. The zero-order valence-corrected chi connectivity index (χ0v) is 12.5. The first kappa shape index (κ1) is 17.7. The van der Waals surface area contributed by atoms with E-state index in [1.807, 2.05) is 0 Å². The van der Waals surface area contributed by atoms with E-state index in [2.05, 4.69) is 19.2 Å². The van der Waals surface area contributed by atoms with Gasteiger partial charge in [-0.05, 0) is 30.7 Å². The van der Waals surface area contributed by atoms with Crippen molar-refractivity contribution >= 4 is 18.4 Å². The van der Waals surface area contributed by atoms with E-state index < -0.39 is 5.97 Å². The summed E-state index contributed by atoms with van der Waals surface area (Å²) in [5, 5.41) is 12.5. The van der Waals surface area contributed by atoms with Gasteiger partial charge in [-0.15, -0.1) is 12.4 Å². The third-order valence-corrected chi connectivity index (χ3v) is 4.13. The van der Waals surface area contributed by atoms with Crippen molar-refractivity contribution in [1.82, 2.24) is 5.32 Å².